The van der Waals surface area contributed by atoms with Gasteiger partial charge in [0.2, 0.25) is 5.91 Å². The van der Waals surface area contributed by atoms with E-state index in [4.69, 9.17) is 0 Å². The van der Waals surface area contributed by atoms with Crippen LogP contribution >= 0.6 is 0 Å². The van der Waals surface area contributed by atoms with Gasteiger partial charge >= 0.3 is 0 Å². The van der Waals surface area contributed by atoms with E-state index in [0.29, 0.717) is 6.42 Å². The summed E-state index contributed by atoms with van der Waals surface area (Å²) in [6, 6.07) is 8.46. The van der Waals surface area contributed by atoms with Crippen molar-refractivity contribution in [2.45, 2.75) is 38.9 Å². The van der Waals surface area contributed by atoms with E-state index >= 15 is 0 Å². The third-order valence-electron chi connectivity index (χ3n) is 4.89. The van der Waals surface area contributed by atoms with Gasteiger partial charge in [0.05, 0.1) is 17.4 Å². The summed E-state index contributed by atoms with van der Waals surface area (Å²) in [6.07, 6.45) is 3.53. The summed E-state index contributed by atoms with van der Waals surface area (Å²) in [4.78, 5) is 21.0. The predicted octanol–water partition coefficient (Wildman–Crippen LogP) is 1.77. The highest BCUT2D eigenvalue weighted by atomic mass is 16.2. The van der Waals surface area contributed by atoms with E-state index in [0.717, 1.165) is 50.5 Å². The smallest absolute Gasteiger partial charge is 0.222 e. The second-order valence-electron chi connectivity index (χ2n) is 6.80. The second-order valence-corrected chi connectivity index (χ2v) is 6.80. The highest BCUT2D eigenvalue weighted by molar-refractivity contribution is 5.78. The van der Waals surface area contributed by atoms with Crippen LogP contribution in [0.3, 0.4) is 0 Å². The van der Waals surface area contributed by atoms with Gasteiger partial charge < -0.3 is 4.90 Å². The van der Waals surface area contributed by atoms with Crippen LogP contribution in [-0.4, -0.2) is 50.1 Å². The summed E-state index contributed by atoms with van der Waals surface area (Å²) < 4.78 is 2.10. The van der Waals surface area contributed by atoms with E-state index in [1.165, 1.54) is 5.69 Å². The van der Waals surface area contributed by atoms with Crippen LogP contribution in [0.15, 0.2) is 30.5 Å². The molecule has 2 aliphatic rings. The summed E-state index contributed by atoms with van der Waals surface area (Å²) in [5.41, 5.74) is 3.36. The molecule has 2 aromatic rings. The Kier molecular flexibility index (Phi) is 4.06. The lowest BCUT2D eigenvalue weighted by Gasteiger charge is -2.35. The lowest BCUT2D eigenvalue weighted by atomic mass is 10.1. The van der Waals surface area contributed by atoms with Gasteiger partial charge in [-0.15, -0.1) is 0 Å². The molecule has 0 aromatic carbocycles. The van der Waals surface area contributed by atoms with Gasteiger partial charge in [0, 0.05) is 51.0 Å². The average Bonchev–Trinajstić information content (AvgIpc) is 3.17. The Morgan fingerprint density at radius 1 is 1.29 bits per heavy atom. The van der Waals surface area contributed by atoms with Crippen molar-refractivity contribution in [3.63, 3.8) is 0 Å². The van der Waals surface area contributed by atoms with Crippen LogP contribution < -0.4 is 0 Å². The SMILES string of the molecule is Cc1cccc(CN2Cc3ccnn3C(CN3CCCC3=O)C2)n1. The number of hydrogen-bond acceptors (Lipinski definition) is 4. The van der Waals surface area contributed by atoms with Gasteiger partial charge in [0.15, 0.2) is 0 Å². The van der Waals surface area contributed by atoms with Crippen LogP contribution in [-0.2, 0) is 17.9 Å². The highest BCUT2D eigenvalue weighted by Crippen LogP contribution is 2.24. The Morgan fingerprint density at radius 2 is 2.21 bits per heavy atom. The molecule has 0 radical (unpaired) electrons. The summed E-state index contributed by atoms with van der Waals surface area (Å²) in [5.74, 6) is 0.279. The predicted molar refractivity (Wildman–Crippen MR) is 90.2 cm³/mol. The summed E-state index contributed by atoms with van der Waals surface area (Å²) >= 11 is 0. The lowest BCUT2D eigenvalue weighted by molar-refractivity contribution is -0.128. The molecule has 4 rings (SSSR count). The first-order valence-electron chi connectivity index (χ1n) is 8.64. The van der Waals surface area contributed by atoms with Gasteiger partial charge in [-0.2, -0.15) is 5.10 Å². The van der Waals surface area contributed by atoms with Gasteiger partial charge in [0.25, 0.3) is 0 Å². The molecule has 1 saturated heterocycles. The molecule has 6 heteroatoms. The van der Waals surface area contributed by atoms with E-state index in [9.17, 15) is 4.79 Å². The van der Waals surface area contributed by atoms with E-state index < -0.39 is 0 Å². The molecule has 0 aliphatic carbocycles. The van der Waals surface area contributed by atoms with E-state index in [1.807, 2.05) is 24.1 Å². The van der Waals surface area contributed by atoms with Crippen molar-refractivity contribution >= 4 is 5.91 Å². The Hall–Kier alpha value is -2.21. The fraction of sp³-hybridized carbons (Fsp3) is 0.500. The molecule has 4 heterocycles. The summed E-state index contributed by atoms with van der Waals surface area (Å²) in [5, 5.41) is 4.50. The van der Waals surface area contributed by atoms with Crippen LogP contribution in [0.5, 0.6) is 0 Å². The summed E-state index contributed by atoms with van der Waals surface area (Å²) in [7, 11) is 0. The lowest BCUT2D eigenvalue weighted by Crippen LogP contribution is -2.43. The fourth-order valence-corrected chi connectivity index (χ4v) is 3.79. The number of aryl methyl sites for hydroxylation is 1. The molecule has 1 unspecified atom stereocenters. The van der Waals surface area contributed by atoms with E-state index in [2.05, 4.69) is 37.9 Å². The van der Waals surface area contributed by atoms with Gasteiger partial charge in [0.1, 0.15) is 0 Å². The number of aromatic nitrogens is 3. The van der Waals surface area contributed by atoms with Crippen molar-refractivity contribution in [3.05, 3.63) is 47.5 Å². The number of carbonyl (C=O) groups excluding carboxylic acids is 1. The largest absolute Gasteiger partial charge is 0.340 e. The minimum absolute atomic E-state index is 0.218. The maximum atomic E-state index is 12.0. The van der Waals surface area contributed by atoms with Crippen molar-refractivity contribution in [1.82, 2.24) is 24.6 Å². The molecule has 2 aliphatic heterocycles. The van der Waals surface area contributed by atoms with Crippen LogP contribution in [0.4, 0.5) is 0 Å². The van der Waals surface area contributed by atoms with Gasteiger partial charge in [-0.3, -0.25) is 19.4 Å². The van der Waals surface area contributed by atoms with Crippen LogP contribution in [0.25, 0.3) is 0 Å². The summed E-state index contributed by atoms with van der Waals surface area (Å²) in [6.45, 7) is 6.26. The average molecular weight is 325 g/mol. The van der Waals surface area contributed by atoms with Crippen molar-refractivity contribution in [3.8, 4) is 0 Å². The Morgan fingerprint density at radius 3 is 3.00 bits per heavy atom. The molecule has 0 bridgehead atoms. The number of amides is 1. The maximum absolute atomic E-state index is 12.0. The first kappa shape index (κ1) is 15.3. The first-order chi connectivity index (χ1) is 11.7. The van der Waals surface area contributed by atoms with Crippen LogP contribution in [0, 0.1) is 6.92 Å². The number of hydrogen-bond donors (Lipinski definition) is 0. The third kappa shape index (κ3) is 3.06. The topological polar surface area (TPSA) is 54.3 Å². The van der Waals surface area contributed by atoms with Crippen molar-refractivity contribution in [2.75, 3.05) is 19.6 Å². The monoisotopic (exact) mass is 325 g/mol. The zero-order valence-corrected chi connectivity index (χ0v) is 14.1. The highest BCUT2D eigenvalue weighted by Gasteiger charge is 2.30. The van der Waals surface area contributed by atoms with Crippen LogP contribution in [0.2, 0.25) is 0 Å². The molecule has 126 valence electrons. The van der Waals surface area contributed by atoms with Gasteiger partial charge in [-0.25, -0.2) is 0 Å². The van der Waals surface area contributed by atoms with Crippen molar-refractivity contribution < 1.29 is 4.79 Å². The van der Waals surface area contributed by atoms with Gasteiger partial charge in [-0.05, 0) is 31.5 Å². The Labute approximate surface area is 142 Å². The number of pyridine rings is 1. The molecule has 1 amide bonds. The standard InChI is InChI=1S/C18H23N5O/c1-14-4-2-5-15(20-14)10-21-11-16-7-8-19-23(16)17(12-21)13-22-9-3-6-18(22)24/h2,4-5,7-8,17H,3,6,9-13H2,1H3. The van der Waals surface area contributed by atoms with Crippen LogP contribution in [0.1, 0.15) is 36.0 Å². The number of nitrogens with zero attached hydrogens (tertiary/aromatic N) is 5. The molecular formula is C18H23N5O. The number of fused-ring (bicyclic) bond motifs is 1. The number of carbonyl (C=O) groups is 1. The normalized spacial score (nSPS) is 21.3. The number of rotatable bonds is 4. The molecule has 24 heavy (non-hydrogen) atoms. The zero-order chi connectivity index (χ0) is 16.5. The second kappa shape index (κ2) is 6.36. The van der Waals surface area contributed by atoms with Crippen molar-refractivity contribution in [1.29, 1.82) is 0 Å². The Bertz CT molecular complexity index is 741. The maximum Gasteiger partial charge on any atom is 0.222 e. The minimum atomic E-state index is 0.218. The van der Waals surface area contributed by atoms with E-state index in [1.54, 1.807) is 0 Å². The molecule has 1 atom stereocenters. The quantitative estimate of drug-likeness (QED) is 0.860. The van der Waals surface area contributed by atoms with Gasteiger partial charge in [-0.1, -0.05) is 6.07 Å². The Balaban J connectivity index is 1.51. The molecule has 1 fully saturated rings. The molecule has 0 N–H and O–H groups in total. The third-order valence-corrected chi connectivity index (χ3v) is 4.89. The first-order valence-corrected chi connectivity index (χ1v) is 8.64. The number of likely N-dealkylation sites (tertiary alicyclic amines) is 1. The molecule has 0 spiro atoms. The van der Waals surface area contributed by atoms with E-state index in [-0.39, 0.29) is 11.9 Å². The molecule has 6 nitrogen and oxygen atoms in total. The minimum Gasteiger partial charge on any atom is -0.340 e. The zero-order valence-electron chi connectivity index (χ0n) is 14.1. The molecular weight excluding hydrogens is 302 g/mol. The molecule has 0 saturated carbocycles. The molecule has 2 aromatic heterocycles. The fourth-order valence-electron chi connectivity index (χ4n) is 3.79. The van der Waals surface area contributed by atoms with Crippen molar-refractivity contribution in [2.24, 2.45) is 0 Å².